The Bertz CT molecular complexity index is 354. The molecule has 1 aliphatic rings. The van der Waals surface area contributed by atoms with Crippen LogP contribution >= 0.6 is 15.9 Å². The number of piperidine rings is 1. The normalized spacial score (nSPS) is 21.7. The second-order valence-corrected chi connectivity index (χ2v) is 5.18. The van der Waals surface area contributed by atoms with Gasteiger partial charge in [0.15, 0.2) is 5.82 Å². The number of nitrogen functional groups attached to an aromatic ring is 1. The molecule has 0 aromatic carbocycles. The van der Waals surface area contributed by atoms with Crippen molar-refractivity contribution in [2.45, 2.75) is 19.8 Å². The molecule has 1 aromatic rings. The molecule has 1 aromatic heterocycles. The van der Waals surface area contributed by atoms with Gasteiger partial charge in [-0.2, -0.15) is 0 Å². The smallest absolute Gasteiger partial charge is 0.151 e. The highest BCUT2D eigenvalue weighted by Gasteiger charge is 2.19. The van der Waals surface area contributed by atoms with Crippen LogP contribution in [0.25, 0.3) is 0 Å². The maximum atomic E-state index is 5.96. The van der Waals surface area contributed by atoms with E-state index in [1.807, 2.05) is 12.3 Å². The molecule has 1 saturated heterocycles. The fraction of sp³-hybridized carbons (Fsp3) is 0.545. The molecule has 2 heterocycles. The Morgan fingerprint density at radius 1 is 1.60 bits per heavy atom. The van der Waals surface area contributed by atoms with Crippen molar-refractivity contribution < 1.29 is 0 Å². The summed E-state index contributed by atoms with van der Waals surface area (Å²) < 4.78 is 0.939. The van der Waals surface area contributed by atoms with Crippen molar-refractivity contribution in [1.29, 1.82) is 0 Å². The van der Waals surface area contributed by atoms with E-state index in [9.17, 15) is 0 Å². The summed E-state index contributed by atoms with van der Waals surface area (Å²) in [5, 5.41) is 0. The van der Waals surface area contributed by atoms with Crippen LogP contribution in [0.4, 0.5) is 11.5 Å². The van der Waals surface area contributed by atoms with Crippen molar-refractivity contribution in [2.24, 2.45) is 5.92 Å². The van der Waals surface area contributed by atoms with E-state index >= 15 is 0 Å². The van der Waals surface area contributed by atoms with E-state index < -0.39 is 0 Å². The Hall–Kier alpha value is -0.770. The van der Waals surface area contributed by atoms with Gasteiger partial charge in [-0.05, 0) is 40.8 Å². The van der Waals surface area contributed by atoms with Gasteiger partial charge in [0.2, 0.25) is 0 Å². The van der Waals surface area contributed by atoms with Crippen LogP contribution in [0, 0.1) is 5.92 Å². The summed E-state index contributed by atoms with van der Waals surface area (Å²) >= 11 is 3.37. The lowest BCUT2D eigenvalue weighted by molar-refractivity contribution is 0.445. The minimum atomic E-state index is 0.739. The fourth-order valence-electron chi connectivity index (χ4n) is 2.09. The topological polar surface area (TPSA) is 42.2 Å². The third kappa shape index (κ3) is 2.43. The molecule has 4 heteroatoms. The lowest BCUT2D eigenvalue weighted by Gasteiger charge is -2.32. The van der Waals surface area contributed by atoms with E-state index in [-0.39, 0.29) is 0 Å². The second-order valence-electron chi connectivity index (χ2n) is 4.26. The van der Waals surface area contributed by atoms with Gasteiger partial charge in [-0.25, -0.2) is 4.98 Å². The fourth-order valence-corrected chi connectivity index (χ4v) is 2.44. The molecule has 1 aliphatic heterocycles. The van der Waals surface area contributed by atoms with Gasteiger partial charge in [-0.1, -0.05) is 6.92 Å². The SMILES string of the molecule is CC1CCCN(c2ncc(Br)cc2N)C1. The van der Waals surface area contributed by atoms with Crippen LogP contribution in [0.1, 0.15) is 19.8 Å². The highest BCUT2D eigenvalue weighted by Crippen LogP contribution is 2.27. The molecule has 0 aliphatic carbocycles. The van der Waals surface area contributed by atoms with Gasteiger partial charge in [-0.3, -0.25) is 0 Å². The van der Waals surface area contributed by atoms with Gasteiger partial charge in [0.05, 0.1) is 5.69 Å². The molecule has 2 rings (SSSR count). The molecule has 3 nitrogen and oxygen atoms in total. The molecule has 1 atom stereocenters. The first-order valence-electron chi connectivity index (χ1n) is 5.33. The molecule has 1 unspecified atom stereocenters. The Kier molecular flexibility index (Phi) is 3.14. The zero-order valence-corrected chi connectivity index (χ0v) is 10.5. The number of anilines is 2. The zero-order valence-electron chi connectivity index (χ0n) is 8.91. The Morgan fingerprint density at radius 3 is 3.07 bits per heavy atom. The van der Waals surface area contributed by atoms with Gasteiger partial charge in [0.1, 0.15) is 0 Å². The first kappa shape index (κ1) is 10.7. The molecule has 82 valence electrons. The molecule has 0 saturated carbocycles. The lowest BCUT2D eigenvalue weighted by atomic mass is 10.0. The van der Waals surface area contributed by atoms with Crippen LogP contribution in [0.3, 0.4) is 0 Å². The van der Waals surface area contributed by atoms with Gasteiger partial charge in [0, 0.05) is 23.8 Å². The predicted octanol–water partition coefficient (Wildman–Crippen LogP) is 2.66. The predicted molar refractivity (Wildman–Crippen MR) is 67.0 cm³/mol. The summed E-state index contributed by atoms with van der Waals surface area (Å²) in [6.45, 7) is 4.42. The third-order valence-electron chi connectivity index (χ3n) is 2.82. The first-order chi connectivity index (χ1) is 7.16. The van der Waals surface area contributed by atoms with Crippen LogP contribution < -0.4 is 10.6 Å². The Balaban J connectivity index is 2.21. The molecule has 0 spiro atoms. The van der Waals surface area contributed by atoms with Crippen LogP contribution in [0.2, 0.25) is 0 Å². The van der Waals surface area contributed by atoms with Crippen molar-refractivity contribution in [1.82, 2.24) is 4.98 Å². The number of hydrogen-bond donors (Lipinski definition) is 1. The van der Waals surface area contributed by atoms with Crippen molar-refractivity contribution in [3.63, 3.8) is 0 Å². The lowest BCUT2D eigenvalue weighted by Crippen LogP contribution is -2.35. The highest BCUT2D eigenvalue weighted by molar-refractivity contribution is 9.10. The molecular weight excluding hydrogens is 254 g/mol. The van der Waals surface area contributed by atoms with E-state index in [1.54, 1.807) is 0 Å². The van der Waals surface area contributed by atoms with Crippen LogP contribution in [0.15, 0.2) is 16.7 Å². The summed E-state index contributed by atoms with van der Waals surface area (Å²) in [6.07, 6.45) is 4.36. The highest BCUT2D eigenvalue weighted by atomic mass is 79.9. The maximum absolute atomic E-state index is 5.96. The summed E-state index contributed by atoms with van der Waals surface area (Å²) in [6, 6.07) is 1.92. The number of nitrogens with two attached hydrogens (primary N) is 1. The number of halogens is 1. The van der Waals surface area contributed by atoms with Crippen molar-refractivity contribution in [2.75, 3.05) is 23.7 Å². The summed E-state index contributed by atoms with van der Waals surface area (Å²) in [5.41, 5.74) is 6.73. The molecule has 0 bridgehead atoms. The summed E-state index contributed by atoms with van der Waals surface area (Å²) in [4.78, 5) is 6.68. The van der Waals surface area contributed by atoms with Crippen LogP contribution in [0.5, 0.6) is 0 Å². The summed E-state index contributed by atoms with van der Waals surface area (Å²) in [7, 11) is 0. The van der Waals surface area contributed by atoms with E-state index in [0.717, 1.165) is 35.0 Å². The molecule has 2 N–H and O–H groups in total. The minimum absolute atomic E-state index is 0.739. The molecule has 0 amide bonds. The second kappa shape index (κ2) is 4.39. The first-order valence-corrected chi connectivity index (χ1v) is 6.12. The monoisotopic (exact) mass is 269 g/mol. The number of nitrogens with zero attached hydrogens (tertiary/aromatic N) is 2. The largest absolute Gasteiger partial charge is 0.396 e. The van der Waals surface area contributed by atoms with Crippen LogP contribution in [-0.4, -0.2) is 18.1 Å². The van der Waals surface area contributed by atoms with Gasteiger partial charge < -0.3 is 10.6 Å². The standard InChI is InChI=1S/C11H16BrN3/c1-8-3-2-4-15(7-8)11-10(13)5-9(12)6-14-11/h5-6,8H,2-4,7,13H2,1H3. The van der Waals surface area contributed by atoms with E-state index in [4.69, 9.17) is 5.73 Å². The van der Waals surface area contributed by atoms with E-state index in [2.05, 4.69) is 32.7 Å². The Labute approximate surface area is 98.8 Å². The third-order valence-corrected chi connectivity index (χ3v) is 3.25. The van der Waals surface area contributed by atoms with E-state index in [0.29, 0.717) is 0 Å². The van der Waals surface area contributed by atoms with Crippen molar-refractivity contribution in [3.05, 3.63) is 16.7 Å². The number of aromatic nitrogens is 1. The van der Waals surface area contributed by atoms with Gasteiger partial charge >= 0.3 is 0 Å². The number of pyridine rings is 1. The molecular formula is C11H16BrN3. The van der Waals surface area contributed by atoms with Crippen molar-refractivity contribution in [3.8, 4) is 0 Å². The molecule has 1 fully saturated rings. The van der Waals surface area contributed by atoms with Crippen molar-refractivity contribution >= 4 is 27.4 Å². The minimum Gasteiger partial charge on any atom is -0.396 e. The van der Waals surface area contributed by atoms with Gasteiger partial charge in [0.25, 0.3) is 0 Å². The number of rotatable bonds is 1. The quantitative estimate of drug-likeness (QED) is 0.853. The average molecular weight is 270 g/mol. The molecule has 15 heavy (non-hydrogen) atoms. The molecule has 0 radical (unpaired) electrons. The maximum Gasteiger partial charge on any atom is 0.151 e. The number of hydrogen-bond acceptors (Lipinski definition) is 3. The average Bonchev–Trinajstić information content (AvgIpc) is 2.17. The zero-order chi connectivity index (χ0) is 10.8. The van der Waals surface area contributed by atoms with Gasteiger partial charge in [-0.15, -0.1) is 0 Å². The summed E-state index contributed by atoms with van der Waals surface area (Å²) in [5.74, 6) is 1.67. The van der Waals surface area contributed by atoms with E-state index in [1.165, 1.54) is 12.8 Å². The van der Waals surface area contributed by atoms with Crippen LogP contribution in [-0.2, 0) is 0 Å². The Morgan fingerprint density at radius 2 is 2.40 bits per heavy atom.